The first kappa shape index (κ1) is 14.9. The molecule has 0 bridgehead atoms. The lowest BCUT2D eigenvalue weighted by Crippen LogP contribution is -2.28. The van der Waals surface area contributed by atoms with Crippen LogP contribution in [0.15, 0.2) is 29.2 Å². The highest BCUT2D eigenvalue weighted by Crippen LogP contribution is 2.44. The lowest BCUT2D eigenvalue weighted by Gasteiger charge is -2.30. The Balaban J connectivity index is 1.68. The van der Waals surface area contributed by atoms with E-state index in [-0.39, 0.29) is 0 Å². The van der Waals surface area contributed by atoms with E-state index in [2.05, 4.69) is 10.0 Å². The largest absolute Gasteiger partial charge is 0.382 e. The number of hydrogen-bond donors (Lipinski definition) is 2. The Morgan fingerprint density at radius 2 is 1.90 bits per heavy atom. The molecule has 2 aliphatic carbocycles. The summed E-state index contributed by atoms with van der Waals surface area (Å²) in [6.07, 6.45) is 7.89. The first-order valence-electron chi connectivity index (χ1n) is 7.88. The monoisotopic (exact) mass is 308 g/mol. The predicted octanol–water partition coefficient (Wildman–Crippen LogP) is 2.98. The van der Waals surface area contributed by atoms with Crippen LogP contribution in [0.2, 0.25) is 0 Å². The van der Waals surface area contributed by atoms with Crippen molar-refractivity contribution in [1.29, 1.82) is 0 Å². The van der Waals surface area contributed by atoms with Crippen molar-refractivity contribution in [2.24, 2.45) is 11.8 Å². The summed E-state index contributed by atoms with van der Waals surface area (Å²) < 4.78 is 26.1. The molecule has 1 aromatic carbocycles. The summed E-state index contributed by atoms with van der Waals surface area (Å²) in [4.78, 5) is 0.324. The van der Waals surface area contributed by atoms with Crippen LogP contribution in [0.1, 0.15) is 38.5 Å². The Morgan fingerprint density at radius 1 is 1.10 bits per heavy atom. The average molecular weight is 308 g/mol. The third-order valence-corrected chi connectivity index (χ3v) is 6.20. The fourth-order valence-electron chi connectivity index (χ4n) is 3.46. The number of benzene rings is 1. The Morgan fingerprint density at radius 3 is 2.62 bits per heavy atom. The number of hydrogen-bond acceptors (Lipinski definition) is 3. The van der Waals surface area contributed by atoms with Gasteiger partial charge < -0.3 is 5.32 Å². The molecule has 4 nitrogen and oxygen atoms in total. The second kappa shape index (κ2) is 5.97. The lowest BCUT2D eigenvalue weighted by molar-refractivity contribution is 0.303. The van der Waals surface area contributed by atoms with E-state index in [4.69, 9.17) is 0 Å². The maximum Gasteiger partial charge on any atom is 0.240 e. The molecular formula is C16H24N2O2S. The molecule has 21 heavy (non-hydrogen) atoms. The van der Waals surface area contributed by atoms with Crippen molar-refractivity contribution < 1.29 is 8.42 Å². The molecular weight excluding hydrogens is 284 g/mol. The average Bonchev–Trinajstić information content (AvgIpc) is 3.32. The van der Waals surface area contributed by atoms with Crippen molar-refractivity contribution in [2.75, 3.05) is 12.4 Å². The number of nitrogens with one attached hydrogen (secondary N) is 2. The summed E-state index contributed by atoms with van der Waals surface area (Å²) >= 11 is 0. The van der Waals surface area contributed by atoms with Gasteiger partial charge in [0, 0.05) is 11.7 Å². The summed E-state index contributed by atoms with van der Waals surface area (Å²) in [7, 11) is -1.92. The van der Waals surface area contributed by atoms with Crippen LogP contribution in [0.4, 0.5) is 5.69 Å². The Hall–Kier alpha value is -1.07. The Labute approximate surface area is 127 Å². The van der Waals surface area contributed by atoms with E-state index < -0.39 is 10.0 Å². The van der Waals surface area contributed by atoms with Gasteiger partial charge in [-0.2, -0.15) is 0 Å². The third-order valence-electron chi connectivity index (χ3n) is 4.79. The van der Waals surface area contributed by atoms with Crippen molar-refractivity contribution in [3.05, 3.63) is 24.3 Å². The van der Waals surface area contributed by atoms with Gasteiger partial charge in [0.25, 0.3) is 0 Å². The van der Waals surface area contributed by atoms with E-state index in [9.17, 15) is 8.42 Å². The molecule has 3 rings (SSSR count). The van der Waals surface area contributed by atoms with E-state index in [1.165, 1.54) is 45.6 Å². The SMILES string of the molecule is CNS(=O)(=O)c1cccc(NC2CCCC(C3CC3)C2)c1. The maximum absolute atomic E-state index is 11.9. The van der Waals surface area contributed by atoms with Crippen molar-refractivity contribution >= 4 is 15.7 Å². The van der Waals surface area contributed by atoms with E-state index in [0.29, 0.717) is 10.9 Å². The second-order valence-corrected chi connectivity index (χ2v) is 8.23. The van der Waals surface area contributed by atoms with Crippen LogP contribution in [0.3, 0.4) is 0 Å². The second-order valence-electron chi connectivity index (χ2n) is 6.34. The zero-order valence-corrected chi connectivity index (χ0v) is 13.3. The van der Waals surface area contributed by atoms with Gasteiger partial charge in [0.1, 0.15) is 0 Å². The van der Waals surface area contributed by atoms with Gasteiger partial charge in [-0.25, -0.2) is 13.1 Å². The van der Waals surface area contributed by atoms with Gasteiger partial charge in [-0.15, -0.1) is 0 Å². The van der Waals surface area contributed by atoms with Crippen LogP contribution >= 0.6 is 0 Å². The minimum atomic E-state index is -3.37. The molecule has 116 valence electrons. The molecule has 0 aromatic heterocycles. The smallest absolute Gasteiger partial charge is 0.240 e. The molecule has 2 fully saturated rings. The summed E-state index contributed by atoms with van der Waals surface area (Å²) in [5.74, 6) is 1.84. The minimum Gasteiger partial charge on any atom is -0.382 e. The first-order chi connectivity index (χ1) is 10.1. The van der Waals surface area contributed by atoms with E-state index in [0.717, 1.165) is 17.5 Å². The Kier molecular flexibility index (Phi) is 4.22. The zero-order valence-electron chi connectivity index (χ0n) is 12.5. The molecule has 2 atom stereocenters. The normalized spacial score (nSPS) is 26.5. The molecule has 0 saturated heterocycles. The van der Waals surface area contributed by atoms with Crippen LogP contribution in [-0.2, 0) is 10.0 Å². The van der Waals surface area contributed by atoms with Gasteiger partial charge >= 0.3 is 0 Å². The summed E-state index contributed by atoms with van der Waals surface area (Å²) in [6, 6.07) is 7.59. The molecule has 0 spiro atoms. The van der Waals surface area contributed by atoms with E-state index in [1.807, 2.05) is 6.07 Å². The minimum absolute atomic E-state index is 0.324. The molecule has 1 aromatic rings. The first-order valence-corrected chi connectivity index (χ1v) is 9.37. The van der Waals surface area contributed by atoms with Gasteiger partial charge in [0.15, 0.2) is 0 Å². The standard InChI is InChI=1S/C16H24N2O2S/c1-17-21(19,20)16-7-3-6-15(11-16)18-14-5-2-4-13(10-14)12-8-9-12/h3,6-7,11-14,17-18H,2,4-5,8-10H2,1H3. The molecule has 2 unspecified atom stereocenters. The molecule has 2 saturated carbocycles. The number of rotatable bonds is 5. The highest BCUT2D eigenvalue weighted by Gasteiger charge is 2.34. The third kappa shape index (κ3) is 3.58. The molecule has 2 aliphatic rings. The van der Waals surface area contributed by atoms with Crippen molar-refractivity contribution in [2.45, 2.75) is 49.5 Å². The van der Waals surface area contributed by atoms with Gasteiger partial charge in [-0.05, 0) is 62.8 Å². The van der Waals surface area contributed by atoms with Crippen LogP contribution in [-0.4, -0.2) is 21.5 Å². The van der Waals surface area contributed by atoms with E-state index in [1.54, 1.807) is 18.2 Å². The summed E-state index contributed by atoms with van der Waals surface area (Å²) in [6.45, 7) is 0. The van der Waals surface area contributed by atoms with Gasteiger partial charge in [-0.3, -0.25) is 0 Å². The van der Waals surface area contributed by atoms with Gasteiger partial charge in [0.2, 0.25) is 10.0 Å². The number of anilines is 1. The molecule has 0 aliphatic heterocycles. The summed E-state index contributed by atoms with van der Waals surface area (Å²) in [5.41, 5.74) is 0.910. The van der Waals surface area contributed by atoms with Crippen LogP contribution < -0.4 is 10.0 Å². The van der Waals surface area contributed by atoms with Crippen LogP contribution in [0.25, 0.3) is 0 Å². The quantitative estimate of drug-likeness (QED) is 0.879. The van der Waals surface area contributed by atoms with Crippen molar-refractivity contribution in [1.82, 2.24) is 4.72 Å². The van der Waals surface area contributed by atoms with Crippen LogP contribution in [0.5, 0.6) is 0 Å². The Bertz CT molecular complexity index is 596. The molecule has 0 amide bonds. The highest BCUT2D eigenvalue weighted by molar-refractivity contribution is 7.89. The van der Waals surface area contributed by atoms with E-state index >= 15 is 0 Å². The lowest BCUT2D eigenvalue weighted by atomic mass is 9.82. The predicted molar refractivity (Wildman–Crippen MR) is 84.8 cm³/mol. The van der Waals surface area contributed by atoms with Crippen molar-refractivity contribution in [3.63, 3.8) is 0 Å². The van der Waals surface area contributed by atoms with Crippen LogP contribution in [0, 0.1) is 11.8 Å². The summed E-state index contributed by atoms with van der Waals surface area (Å²) in [5, 5.41) is 3.54. The highest BCUT2D eigenvalue weighted by atomic mass is 32.2. The topological polar surface area (TPSA) is 58.2 Å². The molecule has 0 heterocycles. The number of sulfonamides is 1. The van der Waals surface area contributed by atoms with Gasteiger partial charge in [-0.1, -0.05) is 18.9 Å². The van der Waals surface area contributed by atoms with Crippen molar-refractivity contribution in [3.8, 4) is 0 Å². The zero-order chi connectivity index (χ0) is 14.9. The maximum atomic E-state index is 11.9. The molecule has 2 N–H and O–H groups in total. The molecule has 5 heteroatoms. The van der Waals surface area contributed by atoms with Gasteiger partial charge in [0.05, 0.1) is 4.90 Å². The molecule has 0 radical (unpaired) electrons. The fraction of sp³-hybridized carbons (Fsp3) is 0.625. The fourth-order valence-corrected chi connectivity index (χ4v) is 4.24.